The molecule has 0 spiro atoms. The van der Waals surface area contributed by atoms with Crippen LogP contribution in [0.4, 0.5) is 13.2 Å². The van der Waals surface area contributed by atoms with Crippen LogP contribution >= 0.6 is 12.2 Å². The molecular formula is C21H21F3N2O4S. The van der Waals surface area contributed by atoms with Crippen molar-refractivity contribution in [1.29, 1.82) is 0 Å². The number of benzene rings is 2. The number of carbonyl (C=O) groups is 1. The van der Waals surface area contributed by atoms with Crippen LogP contribution < -0.4 is 15.4 Å². The Labute approximate surface area is 182 Å². The van der Waals surface area contributed by atoms with Gasteiger partial charge in [0.05, 0.1) is 12.6 Å². The zero-order valence-corrected chi connectivity index (χ0v) is 17.3. The summed E-state index contributed by atoms with van der Waals surface area (Å²) in [6, 6.07) is 14.3. The molecule has 0 saturated carbocycles. The van der Waals surface area contributed by atoms with Crippen molar-refractivity contribution in [1.82, 2.24) is 10.6 Å². The third-order valence-corrected chi connectivity index (χ3v) is 5.05. The van der Waals surface area contributed by atoms with Crippen LogP contribution in [0, 0.1) is 5.92 Å². The first kappa shape index (κ1) is 22.8. The van der Waals surface area contributed by atoms with Crippen LogP contribution in [0.25, 0.3) is 0 Å². The summed E-state index contributed by atoms with van der Waals surface area (Å²) in [5.41, 5.74) is -2.33. The number of hydrogen-bond donors (Lipinski definition) is 3. The summed E-state index contributed by atoms with van der Waals surface area (Å²) < 4.78 is 51.7. The van der Waals surface area contributed by atoms with Gasteiger partial charge in [0.1, 0.15) is 18.3 Å². The second-order valence-electron chi connectivity index (χ2n) is 6.91. The van der Waals surface area contributed by atoms with E-state index in [1.54, 1.807) is 17.4 Å². The molecule has 0 radical (unpaired) electrons. The number of halogens is 3. The Morgan fingerprint density at radius 3 is 2.39 bits per heavy atom. The minimum atomic E-state index is -5.19. The second kappa shape index (κ2) is 9.11. The first-order valence-corrected chi connectivity index (χ1v) is 9.87. The Bertz CT molecular complexity index is 924. The third kappa shape index (κ3) is 4.91. The van der Waals surface area contributed by atoms with Gasteiger partial charge in [-0.3, -0.25) is 4.79 Å². The summed E-state index contributed by atoms with van der Waals surface area (Å²) in [6.45, 7) is 1.63. The van der Waals surface area contributed by atoms with Crippen LogP contribution in [-0.2, 0) is 16.1 Å². The van der Waals surface area contributed by atoms with Gasteiger partial charge in [0.15, 0.2) is 5.11 Å². The van der Waals surface area contributed by atoms with Gasteiger partial charge in [0, 0.05) is 0 Å². The molecule has 2 aromatic rings. The largest absolute Gasteiger partial charge is 0.489 e. The highest BCUT2D eigenvalue weighted by Crippen LogP contribution is 2.43. The van der Waals surface area contributed by atoms with Crippen molar-refractivity contribution in [3.63, 3.8) is 0 Å². The normalized spacial score (nSPS) is 23.5. The van der Waals surface area contributed by atoms with E-state index in [0.717, 1.165) is 5.56 Å². The van der Waals surface area contributed by atoms with Crippen LogP contribution in [0.5, 0.6) is 5.75 Å². The lowest BCUT2D eigenvalue weighted by Crippen LogP contribution is -2.73. The van der Waals surface area contributed by atoms with Crippen molar-refractivity contribution in [2.45, 2.75) is 31.5 Å². The lowest BCUT2D eigenvalue weighted by atomic mass is 9.82. The van der Waals surface area contributed by atoms with Crippen LogP contribution in [0.1, 0.15) is 24.1 Å². The van der Waals surface area contributed by atoms with Crippen molar-refractivity contribution >= 4 is 23.3 Å². The first-order chi connectivity index (χ1) is 14.7. The quantitative estimate of drug-likeness (QED) is 0.457. The molecule has 0 aliphatic carbocycles. The molecule has 0 aromatic heterocycles. The molecular weight excluding hydrogens is 433 g/mol. The van der Waals surface area contributed by atoms with Crippen molar-refractivity contribution in [3.05, 3.63) is 65.7 Å². The molecule has 3 N–H and O–H groups in total. The molecule has 1 saturated heterocycles. The molecule has 0 bridgehead atoms. The van der Waals surface area contributed by atoms with E-state index in [1.807, 2.05) is 30.3 Å². The van der Waals surface area contributed by atoms with Gasteiger partial charge >= 0.3 is 12.1 Å². The molecule has 3 rings (SSSR count). The zero-order valence-electron chi connectivity index (χ0n) is 16.5. The highest BCUT2D eigenvalue weighted by atomic mass is 32.1. The maximum atomic E-state index is 13.7. The molecule has 0 unspecified atom stereocenters. The van der Waals surface area contributed by atoms with Crippen molar-refractivity contribution in [2.24, 2.45) is 5.92 Å². The van der Waals surface area contributed by atoms with Crippen LogP contribution in [0.15, 0.2) is 54.6 Å². The van der Waals surface area contributed by atoms with E-state index in [4.69, 9.17) is 21.7 Å². The number of rotatable bonds is 6. The van der Waals surface area contributed by atoms with Gasteiger partial charge in [-0.1, -0.05) is 42.5 Å². The zero-order chi connectivity index (χ0) is 22.6. The van der Waals surface area contributed by atoms with Crippen LogP contribution in [0.2, 0.25) is 0 Å². The number of ether oxygens (including phenoxy) is 2. The SMILES string of the molecule is CCOC(=O)[C@H]1[C@H](c2ccc(OCc3ccccc3)cc2)NC(=S)N[C@@]1(O)C(F)(F)F. The van der Waals surface area contributed by atoms with E-state index in [1.165, 1.54) is 19.1 Å². The monoisotopic (exact) mass is 454 g/mol. The Kier molecular flexibility index (Phi) is 6.71. The lowest BCUT2D eigenvalue weighted by Gasteiger charge is -2.45. The summed E-state index contributed by atoms with van der Waals surface area (Å²) in [5.74, 6) is -2.75. The lowest BCUT2D eigenvalue weighted by molar-refractivity contribution is -0.292. The van der Waals surface area contributed by atoms with Crippen molar-refractivity contribution < 1.29 is 32.5 Å². The number of carbonyl (C=O) groups excluding carboxylic acids is 1. The second-order valence-corrected chi connectivity index (χ2v) is 7.32. The average molecular weight is 454 g/mol. The Balaban J connectivity index is 1.87. The highest BCUT2D eigenvalue weighted by Gasteiger charge is 2.66. The topological polar surface area (TPSA) is 79.8 Å². The van der Waals surface area contributed by atoms with Gasteiger partial charge in [0.2, 0.25) is 0 Å². The maximum absolute atomic E-state index is 13.7. The third-order valence-electron chi connectivity index (χ3n) is 4.83. The number of nitrogens with one attached hydrogen (secondary N) is 2. The molecule has 1 fully saturated rings. The predicted octanol–water partition coefficient (Wildman–Crippen LogP) is 3.21. The Morgan fingerprint density at radius 1 is 1.16 bits per heavy atom. The molecule has 1 aliphatic heterocycles. The van der Waals surface area contributed by atoms with E-state index in [2.05, 4.69) is 5.32 Å². The fraction of sp³-hybridized carbons (Fsp3) is 0.333. The van der Waals surface area contributed by atoms with Gasteiger partial charge in [-0.2, -0.15) is 13.2 Å². The molecule has 6 nitrogen and oxygen atoms in total. The van der Waals surface area contributed by atoms with Gasteiger partial charge < -0.3 is 25.2 Å². The molecule has 166 valence electrons. The molecule has 2 aromatic carbocycles. The van der Waals surface area contributed by atoms with Crippen LogP contribution in [-0.4, -0.2) is 34.7 Å². The minimum absolute atomic E-state index is 0.146. The Morgan fingerprint density at radius 2 is 1.81 bits per heavy atom. The Hall–Kier alpha value is -2.85. The number of esters is 1. The average Bonchev–Trinajstić information content (AvgIpc) is 2.72. The predicted molar refractivity (Wildman–Crippen MR) is 110 cm³/mol. The van der Waals surface area contributed by atoms with Gasteiger partial charge in [0.25, 0.3) is 5.72 Å². The van der Waals surface area contributed by atoms with Crippen molar-refractivity contribution in [2.75, 3.05) is 6.61 Å². The molecule has 0 amide bonds. The summed E-state index contributed by atoms with van der Waals surface area (Å²) in [7, 11) is 0. The molecule has 1 aliphatic rings. The molecule has 1 heterocycles. The van der Waals surface area contributed by atoms with Crippen molar-refractivity contribution in [3.8, 4) is 5.75 Å². The fourth-order valence-corrected chi connectivity index (χ4v) is 3.61. The molecule has 10 heteroatoms. The molecule has 3 atom stereocenters. The summed E-state index contributed by atoms with van der Waals surface area (Å²) in [5, 5.41) is 14.4. The fourth-order valence-electron chi connectivity index (χ4n) is 3.33. The van der Waals surface area contributed by atoms with Gasteiger partial charge in [-0.05, 0) is 42.4 Å². The van der Waals surface area contributed by atoms with E-state index < -0.39 is 34.9 Å². The number of hydrogen-bond acceptors (Lipinski definition) is 5. The highest BCUT2D eigenvalue weighted by molar-refractivity contribution is 7.80. The smallest absolute Gasteiger partial charge is 0.437 e. The summed E-state index contributed by atoms with van der Waals surface area (Å²) in [6.07, 6.45) is -5.19. The number of alkyl halides is 3. The summed E-state index contributed by atoms with van der Waals surface area (Å²) >= 11 is 4.87. The number of aliphatic hydroxyl groups is 1. The molecule has 31 heavy (non-hydrogen) atoms. The standard InChI is InChI=1S/C21H21F3N2O4S/c1-2-29-18(27)16-17(25-19(31)26-20(16,28)21(22,23)24)14-8-10-15(11-9-14)30-12-13-6-4-3-5-7-13/h3-11,16-17,28H,2,12H2,1H3,(H2,25,26,31)/t16-,17+,20+/m1/s1. The first-order valence-electron chi connectivity index (χ1n) is 9.47. The van der Waals surface area contributed by atoms with E-state index in [0.29, 0.717) is 17.9 Å². The summed E-state index contributed by atoms with van der Waals surface area (Å²) in [4.78, 5) is 12.4. The van der Waals surface area contributed by atoms with E-state index in [-0.39, 0.29) is 6.61 Å². The van der Waals surface area contributed by atoms with Gasteiger partial charge in [-0.15, -0.1) is 0 Å². The van der Waals surface area contributed by atoms with E-state index in [9.17, 15) is 23.1 Å². The number of thiocarbonyl (C=S) groups is 1. The van der Waals surface area contributed by atoms with E-state index >= 15 is 0 Å². The van der Waals surface area contributed by atoms with Gasteiger partial charge in [-0.25, -0.2) is 0 Å². The maximum Gasteiger partial charge on any atom is 0.437 e. The minimum Gasteiger partial charge on any atom is -0.489 e. The van der Waals surface area contributed by atoms with Crippen LogP contribution in [0.3, 0.4) is 0 Å².